The number of aromatic nitrogens is 3. The van der Waals surface area contributed by atoms with Crippen LogP contribution in [0.1, 0.15) is 16.1 Å². The second-order valence-electron chi connectivity index (χ2n) is 3.57. The first-order valence-corrected chi connectivity index (χ1v) is 5.03. The van der Waals surface area contributed by atoms with Crippen LogP contribution in [0.5, 0.6) is 0 Å². The van der Waals surface area contributed by atoms with Gasteiger partial charge in [-0.05, 0) is 6.92 Å². The highest BCUT2D eigenvalue weighted by atomic mass is 16.5. The summed E-state index contributed by atoms with van der Waals surface area (Å²) in [7, 11) is 0. The van der Waals surface area contributed by atoms with E-state index in [1.807, 2.05) is 0 Å². The maximum Gasteiger partial charge on any atom is 0.325 e. The maximum absolute atomic E-state index is 11.8. The molecule has 0 radical (unpaired) electrons. The Morgan fingerprint density at radius 3 is 2.89 bits per heavy atom. The van der Waals surface area contributed by atoms with Crippen molar-refractivity contribution in [3.05, 3.63) is 29.9 Å². The van der Waals surface area contributed by atoms with Gasteiger partial charge in [-0.3, -0.25) is 14.3 Å². The third-order valence-electron chi connectivity index (χ3n) is 2.18. The molecule has 2 aromatic rings. The van der Waals surface area contributed by atoms with Crippen LogP contribution in [0.3, 0.4) is 0 Å². The van der Waals surface area contributed by atoms with Crippen molar-refractivity contribution in [1.82, 2.24) is 14.9 Å². The van der Waals surface area contributed by atoms with Crippen LogP contribution in [-0.4, -0.2) is 31.9 Å². The van der Waals surface area contributed by atoms with Crippen LogP contribution in [-0.2, 0) is 11.3 Å². The summed E-state index contributed by atoms with van der Waals surface area (Å²) >= 11 is 0. The van der Waals surface area contributed by atoms with Gasteiger partial charge in [0, 0.05) is 6.20 Å². The maximum atomic E-state index is 11.8. The number of carbonyl (C=O) groups is 2. The predicted octanol–water partition coefficient (Wildman–Crippen LogP) is 0.516. The lowest BCUT2D eigenvalue weighted by atomic mass is 10.2. The minimum absolute atomic E-state index is 0.262. The number of anilines is 1. The van der Waals surface area contributed by atoms with Crippen LogP contribution in [0.15, 0.2) is 23.1 Å². The number of carboxylic acid groups (broad SMARTS) is 1. The molecule has 0 aromatic carbocycles. The standard InChI is InChI=1S/C10H10N4O4/c1-6-8(3-12-18-6)10(17)13-7-2-11-14(4-7)5-9(15)16/h2-4H,5H2,1H3,(H,13,17)(H,15,16). The van der Waals surface area contributed by atoms with Crippen LogP contribution in [0, 0.1) is 6.92 Å². The topological polar surface area (TPSA) is 110 Å². The van der Waals surface area contributed by atoms with E-state index in [1.165, 1.54) is 23.3 Å². The highest BCUT2D eigenvalue weighted by molar-refractivity contribution is 6.04. The van der Waals surface area contributed by atoms with Gasteiger partial charge in [-0.15, -0.1) is 0 Å². The van der Waals surface area contributed by atoms with Gasteiger partial charge >= 0.3 is 5.97 Å². The van der Waals surface area contributed by atoms with E-state index in [2.05, 4.69) is 15.6 Å². The molecule has 8 nitrogen and oxygen atoms in total. The van der Waals surface area contributed by atoms with Crippen molar-refractivity contribution in [3.8, 4) is 0 Å². The summed E-state index contributed by atoms with van der Waals surface area (Å²) in [5.41, 5.74) is 0.725. The minimum Gasteiger partial charge on any atom is -0.480 e. The van der Waals surface area contributed by atoms with Gasteiger partial charge in [0.1, 0.15) is 17.9 Å². The number of carboxylic acids is 1. The first-order chi connectivity index (χ1) is 8.56. The molecule has 94 valence electrons. The molecule has 0 aliphatic carbocycles. The van der Waals surface area contributed by atoms with Crippen molar-refractivity contribution >= 4 is 17.6 Å². The Labute approximate surface area is 101 Å². The minimum atomic E-state index is -1.01. The molecule has 2 rings (SSSR count). The van der Waals surface area contributed by atoms with Crippen molar-refractivity contribution in [2.75, 3.05) is 5.32 Å². The summed E-state index contributed by atoms with van der Waals surface area (Å²) in [6.45, 7) is 1.36. The van der Waals surface area contributed by atoms with Crippen molar-refractivity contribution in [2.24, 2.45) is 0 Å². The summed E-state index contributed by atoms with van der Waals surface area (Å²) in [4.78, 5) is 22.2. The van der Waals surface area contributed by atoms with Gasteiger partial charge in [0.05, 0.1) is 18.1 Å². The van der Waals surface area contributed by atoms with Crippen LogP contribution in [0.2, 0.25) is 0 Å². The van der Waals surface area contributed by atoms with E-state index in [4.69, 9.17) is 9.63 Å². The third kappa shape index (κ3) is 2.54. The molecular formula is C10H10N4O4. The van der Waals surface area contributed by atoms with Crippen molar-refractivity contribution < 1.29 is 19.2 Å². The summed E-state index contributed by atoms with van der Waals surface area (Å²) < 4.78 is 5.98. The Morgan fingerprint density at radius 1 is 1.50 bits per heavy atom. The molecule has 2 aromatic heterocycles. The van der Waals surface area contributed by atoms with E-state index in [9.17, 15) is 9.59 Å². The number of carbonyl (C=O) groups excluding carboxylic acids is 1. The first kappa shape index (κ1) is 11.8. The van der Waals surface area contributed by atoms with Crippen molar-refractivity contribution in [3.63, 3.8) is 0 Å². The molecular weight excluding hydrogens is 240 g/mol. The normalized spacial score (nSPS) is 10.3. The predicted molar refractivity (Wildman–Crippen MR) is 59.1 cm³/mol. The Bertz CT molecular complexity index is 586. The molecule has 0 aliphatic heterocycles. The lowest BCUT2D eigenvalue weighted by Crippen LogP contribution is -2.12. The van der Waals surface area contributed by atoms with Gasteiger partial charge in [-0.1, -0.05) is 5.16 Å². The fourth-order valence-corrected chi connectivity index (χ4v) is 1.37. The number of amides is 1. The van der Waals surface area contributed by atoms with E-state index in [0.29, 0.717) is 17.0 Å². The summed E-state index contributed by atoms with van der Waals surface area (Å²) in [5, 5.41) is 18.4. The number of nitrogens with one attached hydrogen (secondary N) is 1. The molecule has 2 N–H and O–H groups in total. The molecule has 8 heteroatoms. The zero-order chi connectivity index (χ0) is 13.1. The SMILES string of the molecule is Cc1oncc1C(=O)Nc1cnn(CC(=O)O)c1. The van der Waals surface area contributed by atoms with Gasteiger partial charge in [0.15, 0.2) is 0 Å². The van der Waals surface area contributed by atoms with Crippen LogP contribution < -0.4 is 5.32 Å². The largest absolute Gasteiger partial charge is 0.480 e. The van der Waals surface area contributed by atoms with E-state index in [0.717, 1.165) is 0 Å². The quantitative estimate of drug-likeness (QED) is 0.818. The Hall–Kier alpha value is -2.64. The van der Waals surface area contributed by atoms with Gasteiger partial charge in [-0.2, -0.15) is 5.10 Å². The molecule has 0 fully saturated rings. The smallest absolute Gasteiger partial charge is 0.325 e. The second-order valence-corrected chi connectivity index (χ2v) is 3.57. The first-order valence-electron chi connectivity index (χ1n) is 5.03. The van der Waals surface area contributed by atoms with Crippen LogP contribution >= 0.6 is 0 Å². The van der Waals surface area contributed by atoms with Crippen molar-refractivity contribution in [2.45, 2.75) is 13.5 Å². The molecule has 0 atom stereocenters. The molecule has 2 heterocycles. The molecule has 0 aliphatic rings. The van der Waals surface area contributed by atoms with Gasteiger partial charge in [0.2, 0.25) is 0 Å². The molecule has 0 saturated carbocycles. The van der Waals surface area contributed by atoms with E-state index in [1.54, 1.807) is 6.92 Å². The average molecular weight is 250 g/mol. The van der Waals surface area contributed by atoms with E-state index < -0.39 is 5.97 Å². The highest BCUT2D eigenvalue weighted by Gasteiger charge is 2.13. The Morgan fingerprint density at radius 2 is 2.28 bits per heavy atom. The zero-order valence-corrected chi connectivity index (χ0v) is 9.45. The lowest BCUT2D eigenvalue weighted by molar-refractivity contribution is -0.137. The van der Waals surface area contributed by atoms with Crippen LogP contribution in [0.25, 0.3) is 0 Å². The summed E-state index contributed by atoms with van der Waals surface area (Å²) in [5.74, 6) is -0.986. The zero-order valence-electron chi connectivity index (χ0n) is 9.45. The number of rotatable bonds is 4. The number of hydrogen-bond donors (Lipinski definition) is 2. The molecule has 0 spiro atoms. The number of aliphatic carboxylic acids is 1. The van der Waals surface area contributed by atoms with E-state index >= 15 is 0 Å². The number of nitrogens with zero attached hydrogens (tertiary/aromatic N) is 3. The fourth-order valence-electron chi connectivity index (χ4n) is 1.37. The summed E-state index contributed by atoms with van der Waals surface area (Å²) in [6.07, 6.45) is 4.10. The Balaban J connectivity index is 2.06. The average Bonchev–Trinajstić information content (AvgIpc) is 2.87. The fraction of sp³-hybridized carbons (Fsp3) is 0.200. The second kappa shape index (κ2) is 4.70. The van der Waals surface area contributed by atoms with Gasteiger partial charge in [0.25, 0.3) is 5.91 Å². The Kier molecular flexibility index (Phi) is 3.09. The molecule has 0 saturated heterocycles. The molecule has 0 unspecified atom stereocenters. The highest BCUT2D eigenvalue weighted by Crippen LogP contribution is 2.11. The number of aryl methyl sites for hydroxylation is 1. The molecule has 18 heavy (non-hydrogen) atoms. The number of hydrogen-bond acceptors (Lipinski definition) is 5. The summed E-state index contributed by atoms with van der Waals surface area (Å²) in [6, 6.07) is 0. The van der Waals surface area contributed by atoms with Gasteiger partial charge in [-0.25, -0.2) is 0 Å². The molecule has 0 bridgehead atoms. The van der Waals surface area contributed by atoms with E-state index in [-0.39, 0.29) is 12.5 Å². The van der Waals surface area contributed by atoms with Gasteiger partial charge < -0.3 is 14.9 Å². The lowest BCUT2D eigenvalue weighted by Gasteiger charge is -1.99. The van der Waals surface area contributed by atoms with Crippen molar-refractivity contribution in [1.29, 1.82) is 0 Å². The third-order valence-corrected chi connectivity index (χ3v) is 2.18. The monoisotopic (exact) mass is 250 g/mol. The van der Waals surface area contributed by atoms with Crippen LogP contribution in [0.4, 0.5) is 5.69 Å². The molecule has 1 amide bonds.